The number of ether oxygens (including phenoxy) is 1. The highest BCUT2D eigenvalue weighted by Crippen LogP contribution is 2.12. The Morgan fingerprint density at radius 3 is 3.00 bits per heavy atom. The second-order valence-corrected chi connectivity index (χ2v) is 4.45. The van der Waals surface area contributed by atoms with Crippen LogP contribution in [0, 0.1) is 0 Å². The van der Waals surface area contributed by atoms with Crippen molar-refractivity contribution in [2.45, 2.75) is 6.42 Å². The maximum absolute atomic E-state index is 12.0. The number of hydrogen-bond donors (Lipinski definition) is 1. The molecule has 7 heteroatoms. The molecule has 2 aromatic heterocycles. The summed E-state index contributed by atoms with van der Waals surface area (Å²) in [5.41, 5.74) is 1.32. The summed E-state index contributed by atoms with van der Waals surface area (Å²) < 4.78 is 9.40. The molecular formula is C14H11N3O4. The van der Waals surface area contributed by atoms with Crippen molar-refractivity contribution in [3.8, 4) is 0 Å². The number of H-pyrrole nitrogens is 1. The van der Waals surface area contributed by atoms with Crippen LogP contribution in [0.3, 0.4) is 0 Å². The molecule has 21 heavy (non-hydrogen) atoms. The van der Waals surface area contributed by atoms with E-state index in [-0.39, 0.29) is 5.56 Å². The standard InChI is InChI=1S/C14H11N3O4/c1-20-14(19)9-2-3-10-11(5-9)16-12(17-13(10)18)4-8-6-15-21-7-8/h2-3,5-7H,4H2,1H3,(H,16,17,18). The van der Waals surface area contributed by atoms with Crippen LogP contribution in [0.4, 0.5) is 0 Å². The van der Waals surface area contributed by atoms with Crippen molar-refractivity contribution in [1.82, 2.24) is 15.1 Å². The molecule has 0 unspecified atom stereocenters. The lowest BCUT2D eigenvalue weighted by molar-refractivity contribution is 0.0601. The molecule has 0 atom stereocenters. The summed E-state index contributed by atoms with van der Waals surface area (Å²) >= 11 is 0. The van der Waals surface area contributed by atoms with Gasteiger partial charge in [0.05, 0.1) is 29.8 Å². The first-order valence-electron chi connectivity index (χ1n) is 6.17. The first kappa shape index (κ1) is 13.0. The maximum Gasteiger partial charge on any atom is 0.337 e. The Labute approximate surface area is 118 Å². The van der Waals surface area contributed by atoms with Gasteiger partial charge in [-0.05, 0) is 18.2 Å². The molecule has 0 aliphatic rings. The van der Waals surface area contributed by atoms with Gasteiger partial charge in [0.25, 0.3) is 5.56 Å². The van der Waals surface area contributed by atoms with E-state index < -0.39 is 5.97 Å². The second-order valence-electron chi connectivity index (χ2n) is 4.45. The van der Waals surface area contributed by atoms with Crippen LogP contribution in [0.2, 0.25) is 0 Å². The van der Waals surface area contributed by atoms with E-state index in [2.05, 4.69) is 19.9 Å². The molecule has 106 valence electrons. The van der Waals surface area contributed by atoms with E-state index in [0.717, 1.165) is 5.56 Å². The summed E-state index contributed by atoms with van der Waals surface area (Å²) in [5.74, 6) is -0.00252. The topological polar surface area (TPSA) is 98.1 Å². The quantitative estimate of drug-likeness (QED) is 0.728. The van der Waals surface area contributed by atoms with Crippen LogP contribution in [-0.4, -0.2) is 28.2 Å². The molecule has 3 aromatic rings. The van der Waals surface area contributed by atoms with Crippen molar-refractivity contribution in [1.29, 1.82) is 0 Å². The highest BCUT2D eigenvalue weighted by molar-refractivity contribution is 5.93. The fourth-order valence-electron chi connectivity index (χ4n) is 2.02. The fourth-order valence-corrected chi connectivity index (χ4v) is 2.02. The van der Waals surface area contributed by atoms with Gasteiger partial charge < -0.3 is 14.2 Å². The Kier molecular flexibility index (Phi) is 3.23. The highest BCUT2D eigenvalue weighted by Gasteiger charge is 2.10. The Morgan fingerprint density at radius 1 is 1.43 bits per heavy atom. The van der Waals surface area contributed by atoms with Gasteiger partial charge in [-0.25, -0.2) is 9.78 Å². The number of carbonyl (C=O) groups excluding carboxylic acids is 1. The maximum atomic E-state index is 12.0. The van der Waals surface area contributed by atoms with Gasteiger partial charge in [0.1, 0.15) is 12.1 Å². The minimum atomic E-state index is -0.473. The van der Waals surface area contributed by atoms with Crippen molar-refractivity contribution in [3.63, 3.8) is 0 Å². The Hall–Kier alpha value is -2.96. The number of methoxy groups -OCH3 is 1. The molecular weight excluding hydrogens is 274 g/mol. The number of benzene rings is 1. The van der Waals surface area contributed by atoms with Crippen LogP contribution in [-0.2, 0) is 11.2 Å². The lowest BCUT2D eigenvalue weighted by Gasteiger charge is -2.03. The number of carbonyl (C=O) groups is 1. The molecule has 1 aromatic carbocycles. The van der Waals surface area contributed by atoms with E-state index in [9.17, 15) is 9.59 Å². The third-order valence-electron chi connectivity index (χ3n) is 3.03. The van der Waals surface area contributed by atoms with Crippen LogP contribution in [0.15, 0.2) is 40.0 Å². The third-order valence-corrected chi connectivity index (χ3v) is 3.03. The van der Waals surface area contributed by atoms with Crippen LogP contribution >= 0.6 is 0 Å². The molecule has 3 rings (SSSR count). The number of aromatic nitrogens is 3. The van der Waals surface area contributed by atoms with Crippen molar-refractivity contribution < 1.29 is 14.1 Å². The van der Waals surface area contributed by atoms with Gasteiger partial charge in [0.15, 0.2) is 0 Å². The number of rotatable bonds is 3. The van der Waals surface area contributed by atoms with Crippen molar-refractivity contribution in [2.24, 2.45) is 0 Å². The zero-order chi connectivity index (χ0) is 14.8. The predicted octanol–water partition coefficient (Wildman–Crippen LogP) is 1.29. The number of nitrogens with zero attached hydrogens (tertiary/aromatic N) is 2. The summed E-state index contributed by atoms with van der Waals surface area (Å²) in [5, 5.41) is 4.01. The molecule has 0 amide bonds. The third kappa shape index (κ3) is 2.53. The SMILES string of the molecule is COC(=O)c1ccc2c(=O)[nH]c(Cc3cnoc3)nc2c1. The number of nitrogens with one attached hydrogen (secondary N) is 1. The zero-order valence-corrected chi connectivity index (χ0v) is 11.1. The highest BCUT2D eigenvalue weighted by atomic mass is 16.5. The van der Waals surface area contributed by atoms with Crippen LogP contribution in [0.25, 0.3) is 10.9 Å². The average Bonchev–Trinajstić information content (AvgIpc) is 2.98. The fraction of sp³-hybridized carbons (Fsp3) is 0.143. The lowest BCUT2D eigenvalue weighted by Crippen LogP contribution is -2.13. The van der Waals surface area contributed by atoms with E-state index in [1.165, 1.54) is 25.5 Å². The smallest absolute Gasteiger partial charge is 0.337 e. The molecule has 0 spiro atoms. The van der Waals surface area contributed by atoms with Crippen LogP contribution < -0.4 is 5.56 Å². The lowest BCUT2D eigenvalue weighted by atomic mass is 10.1. The molecule has 7 nitrogen and oxygen atoms in total. The molecule has 0 bridgehead atoms. The van der Waals surface area contributed by atoms with E-state index in [4.69, 9.17) is 4.52 Å². The summed E-state index contributed by atoms with van der Waals surface area (Å²) in [6, 6.07) is 4.62. The van der Waals surface area contributed by atoms with Gasteiger partial charge in [0.2, 0.25) is 0 Å². The van der Waals surface area contributed by atoms with Crippen molar-refractivity contribution in [2.75, 3.05) is 7.11 Å². The number of fused-ring (bicyclic) bond motifs is 1. The minimum absolute atomic E-state index is 0.261. The number of esters is 1. The summed E-state index contributed by atoms with van der Waals surface area (Å²) in [4.78, 5) is 30.6. The van der Waals surface area contributed by atoms with Gasteiger partial charge in [-0.1, -0.05) is 5.16 Å². The monoisotopic (exact) mass is 285 g/mol. The summed E-state index contributed by atoms with van der Waals surface area (Å²) in [6.45, 7) is 0. The van der Waals surface area contributed by atoms with Gasteiger partial charge in [-0.15, -0.1) is 0 Å². The van der Waals surface area contributed by atoms with Gasteiger partial charge in [0, 0.05) is 12.0 Å². The molecule has 0 aliphatic heterocycles. The van der Waals surface area contributed by atoms with Gasteiger partial charge in [-0.2, -0.15) is 0 Å². The van der Waals surface area contributed by atoms with E-state index >= 15 is 0 Å². The van der Waals surface area contributed by atoms with Crippen molar-refractivity contribution in [3.05, 3.63) is 58.0 Å². The predicted molar refractivity (Wildman–Crippen MR) is 73.0 cm³/mol. The number of hydrogen-bond acceptors (Lipinski definition) is 6. The first-order valence-corrected chi connectivity index (χ1v) is 6.17. The summed E-state index contributed by atoms with van der Waals surface area (Å²) in [6.07, 6.45) is 3.42. The molecule has 0 saturated carbocycles. The molecule has 0 aliphatic carbocycles. The molecule has 2 heterocycles. The first-order chi connectivity index (χ1) is 10.2. The van der Waals surface area contributed by atoms with Crippen LogP contribution in [0.1, 0.15) is 21.7 Å². The van der Waals surface area contributed by atoms with Gasteiger partial charge >= 0.3 is 5.97 Å². The van der Waals surface area contributed by atoms with E-state index in [1.807, 2.05) is 0 Å². The van der Waals surface area contributed by atoms with Crippen LogP contribution in [0.5, 0.6) is 0 Å². The Morgan fingerprint density at radius 2 is 2.29 bits per heavy atom. The molecule has 0 radical (unpaired) electrons. The van der Waals surface area contributed by atoms with Gasteiger partial charge in [-0.3, -0.25) is 4.79 Å². The van der Waals surface area contributed by atoms with E-state index in [1.54, 1.807) is 12.3 Å². The molecule has 0 fully saturated rings. The Balaban J connectivity index is 2.08. The minimum Gasteiger partial charge on any atom is -0.465 e. The zero-order valence-electron chi connectivity index (χ0n) is 11.1. The molecule has 1 N–H and O–H groups in total. The molecule has 0 saturated heterocycles. The normalized spacial score (nSPS) is 10.7. The Bertz CT molecular complexity index is 852. The van der Waals surface area contributed by atoms with E-state index in [0.29, 0.717) is 28.7 Å². The average molecular weight is 285 g/mol. The largest absolute Gasteiger partial charge is 0.465 e. The summed E-state index contributed by atoms with van der Waals surface area (Å²) in [7, 11) is 1.30. The number of aromatic amines is 1. The second kappa shape index (κ2) is 5.20. The van der Waals surface area contributed by atoms with Crippen molar-refractivity contribution >= 4 is 16.9 Å².